The molecule has 2 heterocycles. The van der Waals surface area contributed by atoms with Crippen molar-refractivity contribution < 1.29 is 18.5 Å². The van der Waals surface area contributed by atoms with Gasteiger partial charge in [0.2, 0.25) is 5.89 Å². The highest BCUT2D eigenvalue weighted by atomic mass is 79.9. The number of rotatable bonds is 7. The highest BCUT2D eigenvalue weighted by Gasteiger charge is 2.18. The summed E-state index contributed by atoms with van der Waals surface area (Å²) >= 11 is 3.35. The fraction of sp³-hybridized carbons (Fsp3) is 0.261. The first-order chi connectivity index (χ1) is 14.5. The molecule has 0 bridgehead atoms. The fourth-order valence-electron chi connectivity index (χ4n) is 3.36. The van der Waals surface area contributed by atoms with E-state index in [9.17, 15) is 4.79 Å². The lowest BCUT2D eigenvalue weighted by molar-refractivity contribution is -0.139. The number of esters is 1. The van der Waals surface area contributed by atoms with E-state index in [2.05, 4.69) is 26.1 Å². The van der Waals surface area contributed by atoms with Gasteiger partial charge < -0.3 is 13.7 Å². The van der Waals surface area contributed by atoms with Crippen LogP contribution in [-0.4, -0.2) is 28.0 Å². The summed E-state index contributed by atoms with van der Waals surface area (Å²) in [4.78, 5) is 15.9. The first-order valence-electron chi connectivity index (χ1n) is 9.66. The van der Waals surface area contributed by atoms with Gasteiger partial charge in [0.25, 0.3) is 0 Å². The van der Waals surface area contributed by atoms with E-state index in [1.165, 1.54) is 7.11 Å². The minimum Gasteiger partial charge on any atom is -0.468 e. The summed E-state index contributed by atoms with van der Waals surface area (Å²) in [6.45, 7) is 1.93. The largest absolute Gasteiger partial charge is 0.468 e. The zero-order valence-electron chi connectivity index (χ0n) is 16.7. The molecule has 30 heavy (non-hydrogen) atoms. The summed E-state index contributed by atoms with van der Waals surface area (Å²) in [6, 6.07) is 15.7. The zero-order chi connectivity index (χ0) is 21.1. The van der Waals surface area contributed by atoms with Crippen LogP contribution >= 0.6 is 15.9 Å². The van der Waals surface area contributed by atoms with Crippen LogP contribution < -0.4 is 0 Å². The van der Waals surface area contributed by atoms with Crippen LogP contribution in [0.1, 0.15) is 22.7 Å². The number of ether oxygens (including phenoxy) is 1. The summed E-state index contributed by atoms with van der Waals surface area (Å²) in [6.07, 6.45) is 1.91. The Labute approximate surface area is 182 Å². The third kappa shape index (κ3) is 4.31. The minimum absolute atomic E-state index is 0.300. The van der Waals surface area contributed by atoms with Crippen LogP contribution in [0.5, 0.6) is 0 Å². The van der Waals surface area contributed by atoms with Crippen molar-refractivity contribution in [1.29, 1.82) is 0 Å². The van der Waals surface area contributed by atoms with Crippen molar-refractivity contribution in [2.24, 2.45) is 0 Å². The number of aromatic nitrogens is 2. The molecule has 1 unspecified atom stereocenters. The maximum Gasteiger partial charge on any atom is 0.319 e. The monoisotopic (exact) mass is 468 g/mol. The van der Waals surface area contributed by atoms with E-state index >= 15 is 0 Å². The van der Waals surface area contributed by atoms with Crippen LogP contribution in [0, 0.1) is 6.92 Å². The third-order valence-electron chi connectivity index (χ3n) is 4.99. The van der Waals surface area contributed by atoms with Crippen LogP contribution in [0.4, 0.5) is 0 Å². The molecule has 0 fully saturated rings. The van der Waals surface area contributed by atoms with E-state index in [-0.39, 0.29) is 5.97 Å². The van der Waals surface area contributed by atoms with Crippen LogP contribution in [0.2, 0.25) is 0 Å². The molecule has 2 aromatic heterocycles. The van der Waals surface area contributed by atoms with E-state index in [4.69, 9.17) is 13.7 Å². The van der Waals surface area contributed by atoms with Gasteiger partial charge in [0, 0.05) is 10.9 Å². The Balaban J connectivity index is 1.47. The maximum atomic E-state index is 11.6. The number of nitrogens with zero attached hydrogens (tertiary/aromatic N) is 2. The first-order valence-corrected chi connectivity index (χ1v) is 10.6. The van der Waals surface area contributed by atoms with Crippen molar-refractivity contribution in [3.63, 3.8) is 0 Å². The molecule has 0 aliphatic rings. The average Bonchev–Trinajstić information content (AvgIpc) is 3.35. The van der Waals surface area contributed by atoms with Crippen molar-refractivity contribution in [3.8, 4) is 11.5 Å². The number of carbonyl (C=O) groups is 1. The summed E-state index contributed by atoms with van der Waals surface area (Å²) in [5, 5.41) is 5.20. The predicted octanol–water partition coefficient (Wildman–Crippen LogP) is 5.06. The van der Waals surface area contributed by atoms with Crippen molar-refractivity contribution in [1.82, 2.24) is 10.1 Å². The van der Waals surface area contributed by atoms with Gasteiger partial charge in [-0.3, -0.25) is 4.79 Å². The van der Waals surface area contributed by atoms with Crippen molar-refractivity contribution >= 4 is 32.9 Å². The number of fused-ring (bicyclic) bond motifs is 1. The summed E-state index contributed by atoms with van der Waals surface area (Å²) in [5.41, 5.74) is 4.43. The van der Waals surface area contributed by atoms with E-state index in [0.29, 0.717) is 30.7 Å². The standard InChI is InChI=1S/C23H21BrN2O4/c1-14-19(25-22(29-14)16-6-4-3-5-7-16)10-11-20-17-9-8-15(13-21(17)30-26-20)12-18(24)23(27)28-2/h3-9,13,18H,10-12H2,1-2H3. The number of carbonyl (C=O) groups excluding carboxylic acids is 1. The summed E-state index contributed by atoms with van der Waals surface area (Å²) < 4.78 is 16.1. The second-order valence-corrected chi connectivity index (χ2v) is 8.15. The van der Waals surface area contributed by atoms with E-state index in [1.54, 1.807) is 0 Å². The van der Waals surface area contributed by atoms with Crippen molar-refractivity contribution in [2.45, 2.75) is 31.0 Å². The quantitative estimate of drug-likeness (QED) is 0.278. The van der Waals surface area contributed by atoms with Gasteiger partial charge in [0.15, 0.2) is 5.58 Å². The predicted molar refractivity (Wildman–Crippen MR) is 117 cm³/mol. The lowest BCUT2D eigenvalue weighted by atomic mass is 10.1. The first kappa shape index (κ1) is 20.3. The van der Waals surface area contributed by atoms with E-state index in [1.807, 2.05) is 55.5 Å². The summed E-state index contributed by atoms with van der Waals surface area (Å²) in [5.74, 6) is 1.15. The molecule has 0 amide bonds. The second kappa shape index (κ2) is 8.83. The fourth-order valence-corrected chi connectivity index (χ4v) is 3.92. The van der Waals surface area contributed by atoms with E-state index < -0.39 is 4.83 Å². The third-order valence-corrected chi connectivity index (χ3v) is 5.69. The zero-order valence-corrected chi connectivity index (χ0v) is 18.3. The molecule has 0 aliphatic heterocycles. The number of aryl methyl sites for hydroxylation is 3. The van der Waals surface area contributed by atoms with Gasteiger partial charge in [-0.1, -0.05) is 45.4 Å². The molecule has 0 saturated carbocycles. The van der Waals surface area contributed by atoms with Gasteiger partial charge in [-0.15, -0.1) is 0 Å². The Morgan fingerprint density at radius 1 is 1.13 bits per heavy atom. The van der Waals surface area contributed by atoms with Crippen molar-refractivity contribution in [3.05, 3.63) is 71.2 Å². The van der Waals surface area contributed by atoms with Gasteiger partial charge in [-0.2, -0.15) is 0 Å². The topological polar surface area (TPSA) is 78.4 Å². The van der Waals surface area contributed by atoms with Crippen LogP contribution in [-0.2, 0) is 28.8 Å². The lowest BCUT2D eigenvalue weighted by Crippen LogP contribution is -2.17. The van der Waals surface area contributed by atoms with Gasteiger partial charge in [-0.25, -0.2) is 4.98 Å². The minimum atomic E-state index is -0.392. The number of halogens is 1. The molecule has 0 spiro atoms. The lowest BCUT2D eigenvalue weighted by Gasteiger charge is -2.07. The maximum absolute atomic E-state index is 11.6. The molecule has 0 saturated heterocycles. The number of benzene rings is 2. The van der Waals surface area contributed by atoms with Crippen molar-refractivity contribution in [2.75, 3.05) is 7.11 Å². The van der Waals surface area contributed by atoms with Gasteiger partial charge >= 0.3 is 5.97 Å². The highest BCUT2D eigenvalue weighted by Crippen LogP contribution is 2.25. The molecule has 154 valence electrons. The molecule has 0 N–H and O–H groups in total. The Hall–Kier alpha value is -2.93. The Bertz CT molecular complexity index is 1170. The average molecular weight is 469 g/mol. The second-order valence-electron chi connectivity index (χ2n) is 7.04. The smallest absolute Gasteiger partial charge is 0.319 e. The highest BCUT2D eigenvalue weighted by molar-refractivity contribution is 9.10. The Kier molecular flexibility index (Phi) is 5.99. The molecular formula is C23H21BrN2O4. The van der Waals surface area contributed by atoms with E-state index in [0.717, 1.165) is 33.7 Å². The van der Waals surface area contributed by atoms with Crippen LogP contribution in [0.25, 0.3) is 22.4 Å². The number of methoxy groups -OCH3 is 1. The molecule has 0 aliphatic carbocycles. The SMILES string of the molecule is COC(=O)C(Br)Cc1ccc2c(CCc3nc(-c4ccccc4)oc3C)noc2c1. The number of alkyl halides is 1. The molecule has 4 rings (SSSR count). The number of oxazole rings is 1. The number of hydrogen-bond acceptors (Lipinski definition) is 6. The molecule has 0 radical (unpaired) electrons. The molecule has 1 atom stereocenters. The number of hydrogen-bond donors (Lipinski definition) is 0. The van der Waals surface area contributed by atoms with Crippen LogP contribution in [0.3, 0.4) is 0 Å². The molecule has 7 heteroatoms. The summed E-state index contributed by atoms with van der Waals surface area (Å²) in [7, 11) is 1.38. The molecule has 2 aromatic carbocycles. The van der Waals surface area contributed by atoms with Gasteiger partial charge in [-0.05, 0) is 56.0 Å². The Morgan fingerprint density at radius 2 is 1.90 bits per heavy atom. The van der Waals surface area contributed by atoms with Crippen LogP contribution in [0.15, 0.2) is 57.5 Å². The normalized spacial score (nSPS) is 12.2. The Morgan fingerprint density at radius 3 is 2.67 bits per heavy atom. The van der Waals surface area contributed by atoms with Gasteiger partial charge in [0.05, 0.1) is 18.5 Å². The molecular weight excluding hydrogens is 448 g/mol. The van der Waals surface area contributed by atoms with Gasteiger partial charge in [0.1, 0.15) is 10.6 Å². The molecule has 4 aromatic rings. The molecule has 6 nitrogen and oxygen atoms in total.